The lowest BCUT2D eigenvalue weighted by molar-refractivity contribution is 0.722. The summed E-state index contributed by atoms with van der Waals surface area (Å²) >= 11 is 5.11. The summed E-state index contributed by atoms with van der Waals surface area (Å²) in [6, 6.07) is 12.4. The minimum atomic E-state index is 0.151. The molecule has 1 unspecified atom stereocenters. The van der Waals surface area contributed by atoms with E-state index in [2.05, 4.69) is 39.1 Å². The Hall–Kier alpha value is -0.840. The van der Waals surface area contributed by atoms with Crippen LogP contribution in [0, 0.1) is 0 Å². The maximum Gasteiger partial charge on any atom is 0.104 e. The Morgan fingerprint density at radius 1 is 1.28 bits per heavy atom. The number of nitrogens with zero attached hydrogens (tertiary/aromatic N) is 1. The lowest BCUT2D eigenvalue weighted by atomic mass is 10.1. The van der Waals surface area contributed by atoms with Gasteiger partial charge in [0.2, 0.25) is 0 Å². The van der Waals surface area contributed by atoms with E-state index in [9.17, 15) is 0 Å². The third-order valence-electron chi connectivity index (χ3n) is 2.42. The van der Waals surface area contributed by atoms with Crippen LogP contribution in [0.25, 0.3) is 0 Å². The van der Waals surface area contributed by atoms with Crippen LogP contribution in [-0.2, 0) is 6.42 Å². The van der Waals surface area contributed by atoms with Crippen molar-refractivity contribution < 1.29 is 0 Å². The summed E-state index contributed by atoms with van der Waals surface area (Å²) < 4.78 is 1.09. The molecule has 0 saturated carbocycles. The summed E-state index contributed by atoms with van der Waals surface area (Å²) in [5, 5.41) is 1.04. The summed E-state index contributed by atoms with van der Waals surface area (Å²) in [6.07, 6.45) is 2.68. The molecule has 94 valence electrons. The monoisotopic (exact) mass is 322 g/mol. The molecule has 0 aliphatic carbocycles. The van der Waals surface area contributed by atoms with Crippen molar-refractivity contribution >= 4 is 27.7 Å². The van der Waals surface area contributed by atoms with Crippen LogP contribution in [0.2, 0.25) is 0 Å². The molecule has 2 rings (SSSR count). The van der Waals surface area contributed by atoms with E-state index in [1.54, 1.807) is 11.8 Å². The van der Waals surface area contributed by atoms with E-state index in [1.807, 2.05) is 31.3 Å². The van der Waals surface area contributed by atoms with Crippen molar-refractivity contribution in [1.82, 2.24) is 4.98 Å². The molecule has 0 saturated heterocycles. The van der Waals surface area contributed by atoms with Gasteiger partial charge in [-0.25, -0.2) is 4.98 Å². The van der Waals surface area contributed by atoms with Gasteiger partial charge in [0.15, 0.2) is 0 Å². The van der Waals surface area contributed by atoms with Gasteiger partial charge in [-0.3, -0.25) is 0 Å². The molecule has 2 nitrogen and oxygen atoms in total. The van der Waals surface area contributed by atoms with Crippen molar-refractivity contribution in [3.63, 3.8) is 0 Å². The lowest BCUT2D eigenvalue weighted by Crippen LogP contribution is -2.18. The van der Waals surface area contributed by atoms with Gasteiger partial charge in [0.1, 0.15) is 5.03 Å². The highest BCUT2D eigenvalue weighted by molar-refractivity contribution is 9.10. The van der Waals surface area contributed by atoms with Crippen molar-refractivity contribution in [2.75, 3.05) is 0 Å². The zero-order valence-electron chi connectivity index (χ0n) is 10.1. The smallest absolute Gasteiger partial charge is 0.104 e. The van der Waals surface area contributed by atoms with E-state index >= 15 is 0 Å². The Morgan fingerprint density at radius 2 is 2.00 bits per heavy atom. The number of rotatable bonds is 4. The molecule has 0 fully saturated rings. The molecule has 0 spiro atoms. The molecule has 0 aliphatic rings. The average molecular weight is 323 g/mol. The summed E-state index contributed by atoms with van der Waals surface area (Å²) in [5.41, 5.74) is 7.07. The third kappa shape index (κ3) is 3.83. The minimum absolute atomic E-state index is 0.151. The first-order chi connectivity index (χ1) is 8.65. The molecule has 4 heteroatoms. The van der Waals surface area contributed by atoms with E-state index in [-0.39, 0.29) is 6.04 Å². The number of halogens is 1. The van der Waals surface area contributed by atoms with Crippen molar-refractivity contribution in [3.05, 3.63) is 52.6 Å². The SMILES string of the molecule is CC(N)Cc1cccnc1Sc1ccc(Br)cc1. The Bertz CT molecular complexity index is 511. The third-order valence-corrected chi connectivity index (χ3v) is 4.02. The second-order valence-electron chi connectivity index (χ2n) is 4.21. The molecule has 0 aliphatic heterocycles. The van der Waals surface area contributed by atoms with E-state index in [0.29, 0.717) is 0 Å². The molecule has 1 atom stereocenters. The molecule has 2 N–H and O–H groups in total. The highest BCUT2D eigenvalue weighted by Crippen LogP contribution is 2.29. The number of hydrogen-bond acceptors (Lipinski definition) is 3. The summed E-state index contributed by atoms with van der Waals surface area (Å²) in [5.74, 6) is 0. The molecule has 1 aromatic heterocycles. The van der Waals surface area contributed by atoms with Gasteiger partial charge < -0.3 is 5.73 Å². The highest BCUT2D eigenvalue weighted by atomic mass is 79.9. The fraction of sp³-hybridized carbons (Fsp3) is 0.214. The predicted molar refractivity (Wildman–Crippen MR) is 79.9 cm³/mol. The van der Waals surface area contributed by atoms with Crippen LogP contribution in [0.5, 0.6) is 0 Å². The number of hydrogen-bond donors (Lipinski definition) is 1. The van der Waals surface area contributed by atoms with E-state index < -0.39 is 0 Å². The zero-order chi connectivity index (χ0) is 13.0. The maximum atomic E-state index is 5.86. The van der Waals surface area contributed by atoms with Gasteiger partial charge in [-0.05, 0) is 49.2 Å². The van der Waals surface area contributed by atoms with Crippen molar-refractivity contribution in [2.45, 2.75) is 29.3 Å². The Labute approximate surface area is 120 Å². The van der Waals surface area contributed by atoms with E-state index in [0.717, 1.165) is 15.9 Å². The molecule has 0 amide bonds. The fourth-order valence-electron chi connectivity index (χ4n) is 1.63. The predicted octanol–water partition coefficient (Wildman–Crippen LogP) is 3.89. The first-order valence-corrected chi connectivity index (χ1v) is 7.39. The lowest BCUT2D eigenvalue weighted by Gasteiger charge is -2.10. The van der Waals surface area contributed by atoms with Crippen molar-refractivity contribution in [3.8, 4) is 0 Å². The zero-order valence-corrected chi connectivity index (χ0v) is 12.5. The van der Waals surface area contributed by atoms with Crippen LogP contribution < -0.4 is 5.73 Å². The van der Waals surface area contributed by atoms with Gasteiger partial charge >= 0.3 is 0 Å². The number of aromatic nitrogens is 1. The van der Waals surface area contributed by atoms with Gasteiger partial charge in [-0.1, -0.05) is 33.8 Å². The minimum Gasteiger partial charge on any atom is -0.328 e. The molecular formula is C14H15BrN2S. The second kappa shape index (κ2) is 6.36. The van der Waals surface area contributed by atoms with E-state index in [1.165, 1.54) is 10.5 Å². The number of nitrogens with two attached hydrogens (primary N) is 1. The fourth-order valence-corrected chi connectivity index (χ4v) is 2.79. The molecule has 0 radical (unpaired) electrons. The van der Waals surface area contributed by atoms with Crippen LogP contribution >= 0.6 is 27.7 Å². The van der Waals surface area contributed by atoms with Gasteiger partial charge in [0, 0.05) is 21.6 Å². The largest absolute Gasteiger partial charge is 0.328 e. The van der Waals surface area contributed by atoms with Crippen LogP contribution in [0.15, 0.2) is 57.0 Å². The summed E-state index contributed by atoms with van der Waals surface area (Å²) in [6.45, 7) is 2.01. The quantitative estimate of drug-likeness (QED) is 0.928. The van der Waals surface area contributed by atoms with Gasteiger partial charge in [-0.15, -0.1) is 0 Å². The maximum absolute atomic E-state index is 5.86. The first-order valence-electron chi connectivity index (χ1n) is 5.78. The second-order valence-corrected chi connectivity index (χ2v) is 6.18. The van der Waals surface area contributed by atoms with Crippen LogP contribution in [0.4, 0.5) is 0 Å². The molecule has 0 bridgehead atoms. The van der Waals surface area contributed by atoms with Crippen LogP contribution in [-0.4, -0.2) is 11.0 Å². The summed E-state index contributed by atoms with van der Waals surface area (Å²) in [7, 11) is 0. The van der Waals surface area contributed by atoms with Gasteiger partial charge in [0.05, 0.1) is 0 Å². The van der Waals surface area contributed by atoms with Crippen molar-refractivity contribution in [1.29, 1.82) is 0 Å². The molecule has 1 heterocycles. The standard InChI is InChI=1S/C14H15BrN2S/c1-10(16)9-11-3-2-8-17-14(11)18-13-6-4-12(15)5-7-13/h2-8,10H,9,16H2,1H3. The molecule has 18 heavy (non-hydrogen) atoms. The highest BCUT2D eigenvalue weighted by Gasteiger charge is 2.07. The van der Waals surface area contributed by atoms with Gasteiger partial charge in [0.25, 0.3) is 0 Å². The molecule has 1 aromatic carbocycles. The normalized spacial score (nSPS) is 12.4. The Kier molecular flexibility index (Phi) is 4.80. The number of pyridine rings is 1. The average Bonchev–Trinajstić information content (AvgIpc) is 2.34. The summed E-state index contributed by atoms with van der Waals surface area (Å²) in [4.78, 5) is 5.63. The topological polar surface area (TPSA) is 38.9 Å². The van der Waals surface area contributed by atoms with Gasteiger partial charge in [-0.2, -0.15) is 0 Å². The van der Waals surface area contributed by atoms with Crippen LogP contribution in [0.1, 0.15) is 12.5 Å². The number of benzene rings is 1. The first kappa shape index (κ1) is 13.6. The Balaban J connectivity index is 2.20. The molecule has 2 aromatic rings. The molecular weight excluding hydrogens is 308 g/mol. The van der Waals surface area contributed by atoms with Crippen LogP contribution in [0.3, 0.4) is 0 Å². The Morgan fingerprint density at radius 3 is 2.67 bits per heavy atom. The van der Waals surface area contributed by atoms with E-state index in [4.69, 9.17) is 5.73 Å². The van der Waals surface area contributed by atoms with Crippen molar-refractivity contribution in [2.24, 2.45) is 5.73 Å².